The number of nitrogens with zero attached hydrogens (tertiary/aromatic N) is 1. The number of methoxy groups -OCH3 is 2. The zero-order valence-electron chi connectivity index (χ0n) is 16.0. The van der Waals surface area contributed by atoms with E-state index >= 15 is 0 Å². The number of nitriles is 1. The van der Waals surface area contributed by atoms with Gasteiger partial charge in [0.1, 0.15) is 11.6 Å². The van der Waals surface area contributed by atoms with Crippen LogP contribution in [0, 0.1) is 11.3 Å². The summed E-state index contributed by atoms with van der Waals surface area (Å²) in [5, 5.41) is 14.5. The Morgan fingerprint density at radius 2 is 1.89 bits per heavy atom. The second-order valence-corrected chi connectivity index (χ2v) is 5.36. The summed E-state index contributed by atoms with van der Waals surface area (Å²) in [7, 11) is 2.44. The maximum absolute atomic E-state index is 12.1. The highest BCUT2D eigenvalue weighted by Gasteiger charge is 2.16. The van der Waals surface area contributed by atoms with Gasteiger partial charge in [-0.05, 0) is 31.5 Å². The fourth-order valence-electron chi connectivity index (χ4n) is 2.11. The number of carbonyl (C=O) groups excluding carboxylic acids is 3. The van der Waals surface area contributed by atoms with Crippen molar-refractivity contribution in [2.24, 2.45) is 0 Å². The molecule has 0 unspecified atom stereocenters. The molecule has 0 aliphatic carbocycles. The molecule has 9 nitrogen and oxygen atoms in total. The molecule has 0 heterocycles. The number of anilines is 1. The van der Waals surface area contributed by atoms with Crippen molar-refractivity contribution in [2.45, 2.75) is 13.3 Å². The van der Waals surface area contributed by atoms with E-state index in [1.807, 2.05) is 6.92 Å². The first kappa shape index (κ1) is 22.7. The summed E-state index contributed by atoms with van der Waals surface area (Å²) in [5.41, 5.74) is 0.299. The fourth-order valence-corrected chi connectivity index (χ4v) is 2.11. The summed E-state index contributed by atoms with van der Waals surface area (Å²) in [6.45, 7) is 3.32. The summed E-state index contributed by atoms with van der Waals surface area (Å²) in [6, 6.07) is 5.94. The van der Waals surface area contributed by atoms with Crippen LogP contribution in [0.2, 0.25) is 0 Å². The van der Waals surface area contributed by atoms with E-state index in [-0.39, 0.29) is 22.4 Å². The van der Waals surface area contributed by atoms with Crippen molar-refractivity contribution in [2.75, 3.05) is 39.3 Å². The summed E-state index contributed by atoms with van der Waals surface area (Å²) >= 11 is 0. The Labute approximate surface area is 163 Å². The molecule has 28 heavy (non-hydrogen) atoms. The Morgan fingerprint density at radius 1 is 1.18 bits per heavy atom. The molecule has 0 spiro atoms. The second-order valence-electron chi connectivity index (χ2n) is 5.36. The van der Waals surface area contributed by atoms with Crippen LogP contribution in [0.15, 0.2) is 30.0 Å². The lowest BCUT2D eigenvalue weighted by Gasteiger charge is -2.10. The number of carbonyl (C=O) groups is 3. The van der Waals surface area contributed by atoms with Gasteiger partial charge in [-0.3, -0.25) is 4.79 Å². The zero-order chi connectivity index (χ0) is 20.9. The highest BCUT2D eigenvalue weighted by molar-refractivity contribution is 6.00. The minimum Gasteiger partial charge on any atom is -0.465 e. The van der Waals surface area contributed by atoms with Gasteiger partial charge >= 0.3 is 11.9 Å². The molecular weight excluding hydrogens is 366 g/mol. The minimum absolute atomic E-state index is 0.126. The Balaban J connectivity index is 2.96. The third-order valence-corrected chi connectivity index (χ3v) is 3.54. The maximum Gasteiger partial charge on any atom is 0.339 e. The molecule has 0 bridgehead atoms. The van der Waals surface area contributed by atoms with Gasteiger partial charge in [-0.15, -0.1) is 0 Å². The molecule has 9 heteroatoms. The van der Waals surface area contributed by atoms with Crippen molar-refractivity contribution in [3.63, 3.8) is 0 Å². The van der Waals surface area contributed by atoms with Gasteiger partial charge in [-0.25, -0.2) is 9.59 Å². The number of esters is 2. The third-order valence-electron chi connectivity index (χ3n) is 3.54. The van der Waals surface area contributed by atoms with E-state index in [0.717, 1.165) is 6.20 Å². The summed E-state index contributed by atoms with van der Waals surface area (Å²) < 4.78 is 14.5. The van der Waals surface area contributed by atoms with Gasteiger partial charge in [0.05, 0.1) is 31.0 Å². The van der Waals surface area contributed by atoms with Crippen LogP contribution in [0.4, 0.5) is 5.69 Å². The smallest absolute Gasteiger partial charge is 0.339 e. The van der Waals surface area contributed by atoms with Gasteiger partial charge in [0, 0.05) is 26.0 Å². The molecule has 1 aromatic carbocycles. The Morgan fingerprint density at radius 3 is 2.50 bits per heavy atom. The topological polar surface area (TPSA) is 127 Å². The van der Waals surface area contributed by atoms with Crippen LogP contribution < -0.4 is 10.6 Å². The lowest BCUT2D eigenvalue weighted by molar-refractivity contribution is -0.117. The summed E-state index contributed by atoms with van der Waals surface area (Å²) in [4.78, 5) is 35.7. The lowest BCUT2D eigenvalue weighted by Crippen LogP contribution is -2.26. The van der Waals surface area contributed by atoms with Crippen LogP contribution >= 0.6 is 0 Å². The van der Waals surface area contributed by atoms with Crippen LogP contribution in [0.5, 0.6) is 0 Å². The number of hydrogen-bond acceptors (Lipinski definition) is 8. The predicted octanol–water partition coefficient (Wildman–Crippen LogP) is 1.62. The van der Waals surface area contributed by atoms with E-state index in [9.17, 15) is 19.6 Å². The van der Waals surface area contributed by atoms with Crippen molar-refractivity contribution in [1.82, 2.24) is 5.32 Å². The summed E-state index contributed by atoms with van der Waals surface area (Å²) in [6.07, 6.45) is 1.76. The molecule has 1 amide bonds. The summed E-state index contributed by atoms with van der Waals surface area (Å²) in [5.74, 6) is -1.82. The van der Waals surface area contributed by atoms with Gasteiger partial charge in [0.2, 0.25) is 0 Å². The molecule has 0 aromatic heterocycles. The van der Waals surface area contributed by atoms with Crippen molar-refractivity contribution in [3.05, 3.63) is 41.1 Å². The first-order chi connectivity index (χ1) is 13.5. The van der Waals surface area contributed by atoms with Crippen LogP contribution in [0.1, 0.15) is 34.1 Å². The van der Waals surface area contributed by atoms with Crippen molar-refractivity contribution in [1.29, 1.82) is 5.26 Å². The molecule has 1 aromatic rings. The van der Waals surface area contributed by atoms with E-state index in [4.69, 9.17) is 9.47 Å². The molecule has 0 fully saturated rings. The predicted molar refractivity (Wildman–Crippen MR) is 101 cm³/mol. The van der Waals surface area contributed by atoms with Crippen LogP contribution in [0.25, 0.3) is 0 Å². The number of benzene rings is 1. The van der Waals surface area contributed by atoms with E-state index < -0.39 is 17.8 Å². The van der Waals surface area contributed by atoms with Crippen molar-refractivity contribution >= 4 is 23.5 Å². The first-order valence-corrected chi connectivity index (χ1v) is 8.51. The maximum atomic E-state index is 12.1. The minimum atomic E-state index is -0.647. The SMILES string of the molecule is CCOCCCNC(=O)/C(C#N)=C\Nc1cc(C(=O)OC)ccc1C(=O)OC. The number of hydrogen-bond donors (Lipinski definition) is 2. The van der Waals surface area contributed by atoms with Gasteiger partial charge in [-0.2, -0.15) is 5.26 Å². The molecule has 0 radical (unpaired) electrons. The Kier molecular flexibility index (Phi) is 9.78. The molecule has 0 saturated carbocycles. The molecule has 0 aliphatic heterocycles. The standard InChI is InChI=1S/C19H23N3O6/c1-4-28-9-5-8-21-17(23)14(11-20)12-22-16-10-13(18(24)26-2)6-7-15(16)19(25)27-3/h6-7,10,12,22H,4-5,8-9H2,1-3H3,(H,21,23)/b14-12-. The van der Waals surface area contributed by atoms with E-state index in [1.54, 1.807) is 6.07 Å². The van der Waals surface area contributed by atoms with Crippen molar-refractivity contribution in [3.8, 4) is 6.07 Å². The molecular formula is C19H23N3O6. The van der Waals surface area contributed by atoms with Gasteiger partial charge in [0.15, 0.2) is 0 Å². The van der Waals surface area contributed by atoms with Crippen LogP contribution in [0.3, 0.4) is 0 Å². The molecule has 0 atom stereocenters. The molecule has 2 N–H and O–H groups in total. The normalized spacial score (nSPS) is 10.6. The Bertz CT molecular complexity index is 782. The third kappa shape index (κ3) is 6.74. The van der Waals surface area contributed by atoms with Crippen molar-refractivity contribution < 1.29 is 28.6 Å². The fraction of sp³-hybridized carbons (Fsp3) is 0.368. The lowest BCUT2D eigenvalue weighted by atomic mass is 10.1. The molecule has 150 valence electrons. The zero-order valence-corrected chi connectivity index (χ0v) is 16.0. The van der Waals surface area contributed by atoms with E-state index in [2.05, 4.69) is 15.4 Å². The number of ether oxygens (including phenoxy) is 3. The molecule has 0 saturated heterocycles. The average Bonchev–Trinajstić information content (AvgIpc) is 2.72. The average molecular weight is 389 g/mol. The van der Waals surface area contributed by atoms with E-state index in [0.29, 0.717) is 26.2 Å². The monoisotopic (exact) mass is 389 g/mol. The van der Waals surface area contributed by atoms with Crippen LogP contribution in [-0.2, 0) is 19.0 Å². The Hall–Kier alpha value is -3.38. The highest BCUT2D eigenvalue weighted by atomic mass is 16.5. The second kappa shape index (κ2) is 12.1. The number of nitrogens with one attached hydrogen (secondary N) is 2. The van der Waals surface area contributed by atoms with Gasteiger partial charge in [-0.1, -0.05) is 0 Å². The van der Waals surface area contributed by atoms with Crippen LogP contribution in [-0.4, -0.2) is 51.8 Å². The molecule has 1 rings (SSSR count). The van der Waals surface area contributed by atoms with Gasteiger partial charge < -0.3 is 24.8 Å². The largest absolute Gasteiger partial charge is 0.465 e. The molecule has 0 aliphatic rings. The first-order valence-electron chi connectivity index (χ1n) is 8.51. The van der Waals surface area contributed by atoms with E-state index in [1.165, 1.54) is 32.4 Å². The van der Waals surface area contributed by atoms with Gasteiger partial charge in [0.25, 0.3) is 5.91 Å². The quantitative estimate of drug-likeness (QED) is 0.267. The highest BCUT2D eigenvalue weighted by Crippen LogP contribution is 2.20. The number of rotatable bonds is 10. The number of amides is 1.